The highest BCUT2D eigenvalue weighted by molar-refractivity contribution is 7.16. The van der Waals surface area contributed by atoms with E-state index in [2.05, 4.69) is 0 Å². The molecule has 0 aliphatic carbocycles. The molecule has 1 fully saturated rings. The van der Waals surface area contributed by atoms with Crippen molar-refractivity contribution < 1.29 is 14.3 Å². The van der Waals surface area contributed by atoms with Crippen molar-refractivity contribution in [2.24, 2.45) is 5.92 Å². The van der Waals surface area contributed by atoms with E-state index < -0.39 is 0 Å². The molecule has 2 heterocycles. The lowest BCUT2D eigenvalue weighted by Gasteiger charge is -2.32. The molecule has 7 heteroatoms. The first-order chi connectivity index (χ1) is 11.0. The minimum absolute atomic E-state index is 0.0547. The molecule has 0 radical (unpaired) electrons. The lowest BCUT2D eigenvalue weighted by Crippen LogP contribution is -2.44. The first kappa shape index (κ1) is 18.2. The molecule has 0 bridgehead atoms. The predicted octanol–water partition coefficient (Wildman–Crippen LogP) is 2.64. The van der Waals surface area contributed by atoms with Gasteiger partial charge in [-0.1, -0.05) is 11.6 Å². The van der Waals surface area contributed by atoms with Crippen LogP contribution in [0.25, 0.3) is 0 Å². The summed E-state index contributed by atoms with van der Waals surface area (Å²) in [4.78, 5) is 29.0. The van der Waals surface area contributed by atoms with E-state index in [0.717, 1.165) is 28.6 Å². The number of likely N-dealkylation sites (tertiary alicyclic amines) is 1. The molecule has 1 aliphatic rings. The summed E-state index contributed by atoms with van der Waals surface area (Å²) in [6.45, 7) is 4.56. The van der Waals surface area contributed by atoms with Gasteiger partial charge in [-0.3, -0.25) is 14.5 Å². The number of carbonyl (C=O) groups excluding carboxylic acids is 2. The maximum absolute atomic E-state index is 12.4. The van der Waals surface area contributed by atoms with Gasteiger partial charge < -0.3 is 9.64 Å². The minimum atomic E-state index is -0.147. The lowest BCUT2D eigenvalue weighted by molar-refractivity contribution is -0.150. The van der Waals surface area contributed by atoms with Crippen LogP contribution in [0.3, 0.4) is 0 Å². The van der Waals surface area contributed by atoms with Crippen LogP contribution in [0.4, 0.5) is 0 Å². The van der Waals surface area contributed by atoms with E-state index >= 15 is 0 Å². The highest BCUT2D eigenvalue weighted by Crippen LogP contribution is 2.22. The van der Waals surface area contributed by atoms with Gasteiger partial charge in [0.2, 0.25) is 5.91 Å². The Hall–Kier alpha value is -1.11. The van der Waals surface area contributed by atoms with E-state index in [1.54, 1.807) is 11.9 Å². The first-order valence-electron chi connectivity index (χ1n) is 7.86. The number of hydrogen-bond donors (Lipinski definition) is 0. The number of carbonyl (C=O) groups is 2. The Labute approximate surface area is 146 Å². The average Bonchev–Trinajstić information content (AvgIpc) is 2.92. The van der Waals surface area contributed by atoms with Gasteiger partial charge in [0.25, 0.3) is 0 Å². The maximum Gasteiger partial charge on any atom is 0.310 e. The summed E-state index contributed by atoms with van der Waals surface area (Å²) >= 11 is 7.40. The van der Waals surface area contributed by atoms with Crippen molar-refractivity contribution in [2.75, 3.05) is 33.3 Å². The standard InChI is InChI=1S/C16H23ClN2O3S/c1-3-22-16(21)12-5-4-8-19(9-12)11-15(20)18(2)10-13-6-7-14(17)23-13/h6-7,12H,3-5,8-11H2,1-2H3. The van der Waals surface area contributed by atoms with Crippen molar-refractivity contribution in [3.05, 3.63) is 21.3 Å². The minimum Gasteiger partial charge on any atom is -0.466 e. The highest BCUT2D eigenvalue weighted by Gasteiger charge is 2.28. The van der Waals surface area contributed by atoms with Crippen LogP contribution >= 0.6 is 22.9 Å². The lowest BCUT2D eigenvalue weighted by atomic mass is 9.98. The van der Waals surface area contributed by atoms with E-state index in [1.807, 2.05) is 24.0 Å². The molecule has 1 saturated heterocycles. The molecule has 1 atom stereocenters. The molecule has 0 saturated carbocycles. The summed E-state index contributed by atoms with van der Waals surface area (Å²) in [5.74, 6) is -0.205. The zero-order chi connectivity index (χ0) is 16.8. The van der Waals surface area contributed by atoms with E-state index in [0.29, 0.717) is 26.2 Å². The number of ether oxygens (including phenoxy) is 1. The largest absolute Gasteiger partial charge is 0.466 e. The molecule has 23 heavy (non-hydrogen) atoms. The van der Waals surface area contributed by atoms with Gasteiger partial charge in [0.15, 0.2) is 0 Å². The predicted molar refractivity (Wildman–Crippen MR) is 91.6 cm³/mol. The van der Waals surface area contributed by atoms with Gasteiger partial charge in [-0.25, -0.2) is 0 Å². The Morgan fingerprint density at radius 2 is 2.26 bits per heavy atom. The summed E-state index contributed by atoms with van der Waals surface area (Å²) in [6, 6.07) is 3.78. The van der Waals surface area contributed by atoms with Crippen molar-refractivity contribution in [1.29, 1.82) is 0 Å². The molecule has 1 unspecified atom stereocenters. The van der Waals surface area contributed by atoms with Crippen molar-refractivity contribution in [2.45, 2.75) is 26.3 Å². The quantitative estimate of drug-likeness (QED) is 0.733. The molecular formula is C16H23ClN2O3S. The molecule has 1 amide bonds. The van der Waals surface area contributed by atoms with Crippen LogP contribution in [0.1, 0.15) is 24.6 Å². The molecule has 0 spiro atoms. The maximum atomic E-state index is 12.4. The zero-order valence-electron chi connectivity index (χ0n) is 13.6. The second-order valence-electron chi connectivity index (χ2n) is 5.78. The third-order valence-electron chi connectivity index (χ3n) is 3.93. The summed E-state index contributed by atoms with van der Waals surface area (Å²) in [5, 5.41) is 0. The number of halogens is 1. The number of esters is 1. The molecule has 0 aromatic carbocycles. The first-order valence-corrected chi connectivity index (χ1v) is 9.06. The van der Waals surface area contributed by atoms with E-state index in [4.69, 9.17) is 16.3 Å². The van der Waals surface area contributed by atoms with Crippen LogP contribution in [-0.2, 0) is 20.9 Å². The van der Waals surface area contributed by atoms with Crippen LogP contribution in [0.2, 0.25) is 4.34 Å². The van der Waals surface area contributed by atoms with Crippen LogP contribution in [0, 0.1) is 5.92 Å². The second kappa shape index (κ2) is 8.66. The van der Waals surface area contributed by atoms with Crippen molar-refractivity contribution in [3.63, 3.8) is 0 Å². The topological polar surface area (TPSA) is 49.9 Å². The Morgan fingerprint density at radius 3 is 2.91 bits per heavy atom. The fourth-order valence-electron chi connectivity index (χ4n) is 2.72. The van der Waals surface area contributed by atoms with Gasteiger partial charge in [0.05, 0.1) is 30.0 Å². The fraction of sp³-hybridized carbons (Fsp3) is 0.625. The normalized spacial score (nSPS) is 18.7. The molecule has 1 aliphatic heterocycles. The van der Waals surface area contributed by atoms with Gasteiger partial charge >= 0.3 is 5.97 Å². The van der Waals surface area contributed by atoms with Gasteiger partial charge in [-0.15, -0.1) is 11.3 Å². The van der Waals surface area contributed by atoms with Crippen molar-refractivity contribution >= 4 is 34.8 Å². The number of likely N-dealkylation sites (N-methyl/N-ethyl adjacent to an activating group) is 1. The number of piperidine rings is 1. The van der Waals surface area contributed by atoms with Crippen LogP contribution in [0.15, 0.2) is 12.1 Å². The smallest absolute Gasteiger partial charge is 0.310 e. The summed E-state index contributed by atoms with van der Waals surface area (Å²) < 4.78 is 5.82. The summed E-state index contributed by atoms with van der Waals surface area (Å²) in [5.41, 5.74) is 0. The summed E-state index contributed by atoms with van der Waals surface area (Å²) in [6.07, 6.45) is 1.76. The van der Waals surface area contributed by atoms with Gasteiger partial charge in [0, 0.05) is 18.5 Å². The van der Waals surface area contributed by atoms with Gasteiger partial charge in [-0.05, 0) is 38.4 Å². The van der Waals surface area contributed by atoms with Crippen molar-refractivity contribution in [3.8, 4) is 0 Å². The van der Waals surface area contributed by atoms with E-state index in [9.17, 15) is 9.59 Å². The van der Waals surface area contributed by atoms with E-state index in [1.165, 1.54) is 11.3 Å². The van der Waals surface area contributed by atoms with Crippen LogP contribution in [0.5, 0.6) is 0 Å². The summed E-state index contributed by atoms with van der Waals surface area (Å²) in [7, 11) is 1.79. The average molecular weight is 359 g/mol. The van der Waals surface area contributed by atoms with Gasteiger partial charge in [0.1, 0.15) is 0 Å². The van der Waals surface area contributed by atoms with E-state index in [-0.39, 0.29) is 17.8 Å². The number of nitrogens with zero attached hydrogens (tertiary/aromatic N) is 2. The third kappa shape index (κ3) is 5.48. The van der Waals surface area contributed by atoms with Crippen molar-refractivity contribution in [1.82, 2.24) is 9.80 Å². The second-order valence-corrected chi connectivity index (χ2v) is 7.58. The third-order valence-corrected chi connectivity index (χ3v) is 5.15. The Kier molecular flexibility index (Phi) is 6.87. The van der Waals surface area contributed by atoms with Crippen LogP contribution in [-0.4, -0.2) is 55.0 Å². The molecule has 5 nitrogen and oxygen atoms in total. The monoisotopic (exact) mass is 358 g/mol. The zero-order valence-corrected chi connectivity index (χ0v) is 15.2. The Morgan fingerprint density at radius 1 is 1.48 bits per heavy atom. The highest BCUT2D eigenvalue weighted by atomic mass is 35.5. The molecule has 2 rings (SSSR count). The SMILES string of the molecule is CCOC(=O)C1CCCN(CC(=O)N(C)Cc2ccc(Cl)s2)C1. The molecule has 1 aromatic rings. The number of amides is 1. The Balaban J connectivity index is 1.82. The van der Waals surface area contributed by atoms with Crippen LogP contribution < -0.4 is 0 Å². The molecule has 128 valence electrons. The molecular weight excluding hydrogens is 336 g/mol. The van der Waals surface area contributed by atoms with Gasteiger partial charge in [-0.2, -0.15) is 0 Å². The number of thiophene rings is 1. The molecule has 0 N–H and O–H groups in total. The Bertz CT molecular complexity index is 549. The number of hydrogen-bond acceptors (Lipinski definition) is 5. The number of rotatable bonds is 6. The fourth-order valence-corrected chi connectivity index (χ4v) is 3.86. The molecule has 1 aromatic heterocycles.